The van der Waals surface area contributed by atoms with E-state index in [1.807, 2.05) is 50.2 Å². The Bertz CT molecular complexity index is 797. The van der Waals surface area contributed by atoms with Crippen molar-refractivity contribution in [2.24, 2.45) is 17.8 Å². The SMILES string of the molecule is CC(C)[C@H]1CC[C@H](C)C[C@@H]1OC(=O)C(C)(C)c1cccc(-c2ccccn2)c1. The zero-order chi connectivity index (χ0) is 20.3. The number of aromatic nitrogens is 1. The standard InChI is InChI=1S/C25H33NO2/c1-17(2)21-13-12-18(3)15-23(21)28-24(27)25(4,5)20-10-8-9-19(16-20)22-11-6-7-14-26-22/h6-11,14,16-18,21,23H,12-13,15H2,1-5H3/t18-,21+,23-/m0/s1. The molecule has 1 aromatic heterocycles. The summed E-state index contributed by atoms with van der Waals surface area (Å²) in [6.07, 6.45) is 5.16. The fourth-order valence-electron chi connectivity index (χ4n) is 4.25. The van der Waals surface area contributed by atoms with Crippen LogP contribution in [-0.4, -0.2) is 17.1 Å². The lowest BCUT2D eigenvalue weighted by Crippen LogP contribution is -2.40. The van der Waals surface area contributed by atoms with Gasteiger partial charge in [-0.05, 0) is 68.2 Å². The van der Waals surface area contributed by atoms with Crippen molar-refractivity contribution in [3.05, 3.63) is 54.2 Å². The third kappa shape index (κ3) is 4.45. The summed E-state index contributed by atoms with van der Waals surface area (Å²) in [6, 6.07) is 14.0. The fraction of sp³-hybridized carbons (Fsp3) is 0.520. The topological polar surface area (TPSA) is 39.2 Å². The van der Waals surface area contributed by atoms with E-state index in [0.717, 1.165) is 29.7 Å². The predicted octanol–water partition coefficient (Wildman–Crippen LogP) is 6.03. The van der Waals surface area contributed by atoms with Crippen molar-refractivity contribution in [3.8, 4) is 11.3 Å². The molecule has 0 unspecified atom stereocenters. The van der Waals surface area contributed by atoms with Gasteiger partial charge in [0.1, 0.15) is 6.10 Å². The number of hydrogen-bond acceptors (Lipinski definition) is 3. The van der Waals surface area contributed by atoms with Gasteiger partial charge in [0.25, 0.3) is 0 Å². The molecular formula is C25H33NO2. The van der Waals surface area contributed by atoms with Crippen LogP contribution in [0.2, 0.25) is 0 Å². The van der Waals surface area contributed by atoms with E-state index in [1.54, 1.807) is 6.20 Å². The van der Waals surface area contributed by atoms with Crippen molar-refractivity contribution in [3.63, 3.8) is 0 Å². The smallest absolute Gasteiger partial charge is 0.316 e. The number of carbonyl (C=O) groups excluding carboxylic acids is 1. The van der Waals surface area contributed by atoms with Gasteiger partial charge in [0.2, 0.25) is 0 Å². The maximum absolute atomic E-state index is 13.2. The summed E-state index contributed by atoms with van der Waals surface area (Å²) in [7, 11) is 0. The normalized spacial score (nSPS) is 22.9. The highest BCUT2D eigenvalue weighted by Gasteiger charge is 2.38. The number of esters is 1. The number of nitrogens with zero attached hydrogens (tertiary/aromatic N) is 1. The van der Waals surface area contributed by atoms with Crippen molar-refractivity contribution in [2.75, 3.05) is 0 Å². The van der Waals surface area contributed by atoms with Crippen LogP contribution < -0.4 is 0 Å². The Kier molecular flexibility index (Phi) is 6.22. The second-order valence-corrected chi connectivity index (χ2v) is 9.19. The molecule has 1 aliphatic carbocycles. The number of benzene rings is 1. The third-order valence-corrected chi connectivity index (χ3v) is 6.27. The molecule has 2 aromatic rings. The summed E-state index contributed by atoms with van der Waals surface area (Å²) in [4.78, 5) is 17.7. The largest absolute Gasteiger partial charge is 0.461 e. The van der Waals surface area contributed by atoms with Gasteiger partial charge in [-0.15, -0.1) is 0 Å². The molecule has 0 saturated heterocycles. The molecule has 0 radical (unpaired) electrons. The molecule has 0 spiro atoms. The van der Waals surface area contributed by atoms with Gasteiger partial charge in [-0.25, -0.2) is 0 Å². The minimum atomic E-state index is -0.701. The molecule has 1 aliphatic rings. The monoisotopic (exact) mass is 379 g/mol. The van der Waals surface area contributed by atoms with E-state index in [1.165, 1.54) is 6.42 Å². The van der Waals surface area contributed by atoms with Crippen LogP contribution in [0.3, 0.4) is 0 Å². The lowest BCUT2D eigenvalue weighted by Gasteiger charge is -2.38. The fourth-order valence-corrected chi connectivity index (χ4v) is 4.25. The van der Waals surface area contributed by atoms with Crippen molar-refractivity contribution < 1.29 is 9.53 Å². The summed E-state index contributed by atoms with van der Waals surface area (Å²) in [5, 5.41) is 0. The van der Waals surface area contributed by atoms with Crippen LogP contribution in [0.5, 0.6) is 0 Å². The number of pyridine rings is 1. The minimum Gasteiger partial charge on any atom is -0.461 e. The van der Waals surface area contributed by atoms with Crippen molar-refractivity contribution >= 4 is 5.97 Å². The second kappa shape index (κ2) is 8.46. The van der Waals surface area contributed by atoms with Crippen LogP contribution in [-0.2, 0) is 14.9 Å². The van der Waals surface area contributed by atoms with Crippen LogP contribution in [0, 0.1) is 17.8 Å². The maximum Gasteiger partial charge on any atom is 0.316 e. The van der Waals surface area contributed by atoms with Crippen LogP contribution in [0.25, 0.3) is 11.3 Å². The molecule has 1 fully saturated rings. The average Bonchev–Trinajstić information content (AvgIpc) is 2.68. The summed E-state index contributed by atoms with van der Waals surface area (Å²) in [5.41, 5.74) is 2.19. The third-order valence-electron chi connectivity index (χ3n) is 6.27. The van der Waals surface area contributed by atoms with Crippen LogP contribution in [0.15, 0.2) is 48.7 Å². The molecule has 1 saturated carbocycles. The van der Waals surface area contributed by atoms with Crippen LogP contribution in [0.4, 0.5) is 0 Å². The molecule has 0 bridgehead atoms. The van der Waals surface area contributed by atoms with Gasteiger partial charge < -0.3 is 4.74 Å². The highest BCUT2D eigenvalue weighted by molar-refractivity contribution is 5.83. The van der Waals surface area contributed by atoms with E-state index < -0.39 is 5.41 Å². The Hall–Kier alpha value is -2.16. The number of ether oxygens (including phenoxy) is 1. The van der Waals surface area contributed by atoms with E-state index in [0.29, 0.717) is 17.8 Å². The summed E-state index contributed by atoms with van der Waals surface area (Å²) >= 11 is 0. The average molecular weight is 380 g/mol. The molecule has 1 heterocycles. The molecule has 0 N–H and O–H groups in total. The van der Waals surface area contributed by atoms with E-state index in [9.17, 15) is 4.79 Å². The first-order chi connectivity index (χ1) is 13.3. The van der Waals surface area contributed by atoms with Gasteiger partial charge >= 0.3 is 5.97 Å². The van der Waals surface area contributed by atoms with Crippen molar-refractivity contribution in [1.29, 1.82) is 0 Å². The summed E-state index contributed by atoms with van der Waals surface area (Å²) in [5.74, 6) is 1.47. The van der Waals surface area contributed by atoms with Gasteiger partial charge in [-0.3, -0.25) is 9.78 Å². The van der Waals surface area contributed by atoms with Gasteiger partial charge in [0, 0.05) is 11.8 Å². The highest BCUT2D eigenvalue weighted by Crippen LogP contribution is 2.37. The number of rotatable bonds is 5. The van der Waals surface area contributed by atoms with Gasteiger partial charge in [0.15, 0.2) is 0 Å². The molecule has 0 aliphatic heterocycles. The Morgan fingerprint density at radius 3 is 2.61 bits per heavy atom. The number of hydrogen-bond donors (Lipinski definition) is 0. The van der Waals surface area contributed by atoms with E-state index >= 15 is 0 Å². The first-order valence-corrected chi connectivity index (χ1v) is 10.5. The van der Waals surface area contributed by atoms with E-state index in [-0.39, 0.29) is 12.1 Å². The van der Waals surface area contributed by atoms with Gasteiger partial charge in [-0.1, -0.05) is 51.5 Å². The molecule has 150 valence electrons. The first kappa shape index (κ1) is 20.6. The van der Waals surface area contributed by atoms with Crippen molar-refractivity contribution in [2.45, 2.75) is 65.4 Å². The van der Waals surface area contributed by atoms with Gasteiger partial charge in [-0.2, -0.15) is 0 Å². The first-order valence-electron chi connectivity index (χ1n) is 10.5. The van der Waals surface area contributed by atoms with Crippen LogP contribution >= 0.6 is 0 Å². The van der Waals surface area contributed by atoms with Crippen LogP contribution in [0.1, 0.15) is 59.4 Å². The molecule has 28 heavy (non-hydrogen) atoms. The molecule has 3 nitrogen and oxygen atoms in total. The zero-order valence-corrected chi connectivity index (χ0v) is 17.8. The van der Waals surface area contributed by atoms with Gasteiger partial charge in [0.05, 0.1) is 11.1 Å². The Labute approximate surface area is 169 Å². The lowest BCUT2D eigenvalue weighted by molar-refractivity contribution is -0.161. The number of carbonyl (C=O) groups is 1. The molecule has 3 heteroatoms. The highest BCUT2D eigenvalue weighted by atomic mass is 16.5. The summed E-state index contributed by atoms with van der Waals surface area (Å²) < 4.78 is 6.15. The molecule has 3 atom stereocenters. The Morgan fingerprint density at radius 1 is 1.14 bits per heavy atom. The zero-order valence-electron chi connectivity index (χ0n) is 17.8. The van der Waals surface area contributed by atoms with Crippen molar-refractivity contribution in [1.82, 2.24) is 4.98 Å². The van der Waals surface area contributed by atoms with E-state index in [2.05, 4.69) is 31.8 Å². The maximum atomic E-state index is 13.2. The molecule has 0 amide bonds. The quantitative estimate of drug-likeness (QED) is 0.595. The van der Waals surface area contributed by atoms with E-state index in [4.69, 9.17) is 4.74 Å². The molecule has 1 aromatic carbocycles. The Morgan fingerprint density at radius 2 is 1.93 bits per heavy atom. The Balaban J connectivity index is 1.81. The summed E-state index contributed by atoms with van der Waals surface area (Å²) in [6.45, 7) is 10.7. The predicted molar refractivity (Wildman–Crippen MR) is 114 cm³/mol. The second-order valence-electron chi connectivity index (χ2n) is 9.19. The molecular weight excluding hydrogens is 346 g/mol. The lowest BCUT2D eigenvalue weighted by atomic mass is 9.75. The minimum absolute atomic E-state index is 0.0227. The molecule has 3 rings (SSSR count).